The highest BCUT2D eigenvalue weighted by atomic mass is 16.5. The normalized spacial score (nSPS) is 11.1. The van der Waals surface area contributed by atoms with E-state index in [1.807, 2.05) is 31.3 Å². The maximum absolute atomic E-state index is 13.0. The van der Waals surface area contributed by atoms with Crippen LogP contribution in [0.2, 0.25) is 0 Å². The highest BCUT2D eigenvalue weighted by Crippen LogP contribution is 2.28. The molecule has 2 aromatic rings. The zero-order valence-electron chi connectivity index (χ0n) is 17.8. The predicted molar refractivity (Wildman–Crippen MR) is 115 cm³/mol. The van der Waals surface area contributed by atoms with Crippen molar-refractivity contribution in [2.75, 3.05) is 6.61 Å². The first kappa shape index (κ1) is 22.2. The summed E-state index contributed by atoms with van der Waals surface area (Å²) < 4.78 is 7.00. The van der Waals surface area contributed by atoms with Gasteiger partial charge < -0.3 is 9.30 Å². The Hall–Kier alpha value is -2.10. The molecule has 154 valence electrons. The van der Waals surface area contributed by atoms with Gasteiger partial charge >= 0.3 is 5.97 Å². The molecule has 4 heteroatoms. The molecular formula is C24H35NO3. The third-order valence-corrected chi connectivity index (χ3v) is 5.36. The van der Waals surface area contributed by atoms with Gasteiger partial charge in [0.1, 0.15) is 5.69 Å². The van der Waals surface area contributed by atoms with Gasteiger partial charge in [-0.15, -0.1) is 0 Å². The van der Waals surface area contributed by atoms with Crippen LogP contribution in [0, 0.1) is 0 Å². The van der Waals surface area contributed by atoms with Crippen LogP contribution in [0.3, 0.4) is 0 Å². The number of nitrogens with zero attached hydrogens (tertiary/aromatic N) is 1. The zero-order valence-corrected chi connectivity index (χ0v) is 17.8. The largest absolute Gasteiger partial charge is 0.461 e. The number of para-hydroxylation sites is 1. The number of Topliss-reactive ketones (excluding diaryl/α,β-unsaturated/α-hetero) is 1. The van der Waals surface area contributed by atoms with Gasteiger partial charge in [-0.05, 0) is 19.4 Å². The average Bonchev–Trinajstić information content (AvgIpc) is 3.00. The van der Waals surface area contributed by atoms with Gasteiger partial charge in [0.15, 0.2) is 5.78 Å². The van der Waals surface area contributed by atoms with Crippen LogP contribution in [0.25, 0.3) is 10.9 Å². The van der Waals surface area contributed by atoms with Crippen LogP contribution in [0.1, 0.15) is 98.9 Å². The van der Waals surface area contributed by atoms with Crippen molar-refractivity contribution in [3.63, 3.8) is 0 Å². The summed E-state index contributed by atoms with van der Waals surface area (Å²) in [7, 11) is 1.82. The Morgan fingerprint density at radius 1 is 0.893 bits per heavy atom. The Morgan fingerprint density at radius 3 is 2.14 bits per heavy atom. The smallest absolute Gasteiger partial charge is 0.355 e. The molecule has 0 aliphatic carbocycles. The number of carbonyl (C=O) groups excluding carboxylic acids is 2. The second kappa shape index (κ2) is 11.7. The monoisotopic (exact) mass is 385 g/mol. The van der Waals surface area contributed by atoms with E-state index < -0.39 is 5.97 Å². The van der Waals surface area contributed by atoms with Crippen LogP contribution in [-0.2, 0) is 11.8 Å². The van der Waals surface area contributed by atoms with Crippen LogP contribution < -0.4 is 0 Å². The quantitative estimate of drug-likeness (QED) is 0.226. The van der Waals surface area contributed by atoms with Crippen molar-refractivity contribution in [1.29, 1.82) is 0 Å². The van der Waals surface area contributed by atoms with E-state index in [4.69, 9.17) is 4.74 Å². The third kappa shape index (κ3) is 5.70. The minimum Gasteiger partial charge on any atom is -0.461 e. The molecule has 28 heavy (non-hydrogen) atoms. The molecule has 0 radical (unpaired) electrons. The summed E-state index contributed by atoms with van der Waals surface area (Å²) in [4.78, 5) is 25.5. The zero-order chi connectivity index (χ0) is 20.4. The number of ether oxygens (including phenoxy) is 1. The molecule has 0 spiro atoms. The molecule has 0 saturated carbocycles. The van der Waals surface area contributed by atoms with Crippen molar-refractivity contribution in [1.82, 2.24) is 4.57 Å². The first-order chi connectivity index (χ1) is 13.6. The second-order valence-electron chi connectivity index (χ2n) is 7.52. The number of rotatable bonds is 13. The molecule has 0 amide bonds. The number of fused-ring (bicyclic) bond motifs is 1. The molecule has 0 bridgehead atoms. The number of aryl methyl sites for hydroxylation is 1. The molecule has 0 aliphatic rings. The van der Waals surface area contributed by atoms with E-state index in [0.29, 0.717) is 24.3 Å². The van der Waals surface area contributed by atoms with E-state index in [0.717, 1.165) is 23.7 Å². The van der Waals surface area contributed by atoms with E-state index in [-0.39, 0.29) is 5.78 Å². The van der Waals surface area contributed by atoms with Crippen molar-refractivity contribution >= 4 is 22.7 Å². The van der Waals surface area contributed by atoms with Crippen LogP contribution in [0.5, 0.6) is 0 Å². The SMILES string of the molecule is CCCCCCCCCCCC(=O)c1c(C(=O)OCC)n(C)c2ccccc12. The number of ketones is 1. The Labute approximate surface area is 169 Å². The average molecular weight is 386 g/mol. The second-order valence-corrected chi connectivity index (χ2v) is 7.52. The number of carbonyl (C=O) groups is 2. The van der Waals surface area contributed by atoms with Gasteiger partial charge in [-0.25, -0.2) is 4.79 Å². The summed E-state index contributed by atoms with van der Waals surface area (Å²) in [6.07, 6.45) is 11.4. The van der Waals surface area contributed by atoms with Gasteiger partial charge in [0.05, 0.1) is 12.2 Å². The lowest BCUT2D eigenvalue weighted by atomic mass is 10.00. The molecular weight excluding hydrogens is 350 g/mol. The van der Waals surface area contributed by atoms with Crippen LogP contribution >= 0.6 is 0 Å². The lowest BCUT2D eigenvalue weighted by Crippen LogP contribution is -2.14. The number of aromatic nitrogens is 1. The van der Waals surface area contributed by atoms with Crippen molar-refractivity contribution in [3.05, 3.63) is 35.5 Å². The Morgan fingerprint density at radius 2 is 1.50 bits per heavy atom. The highest BCUT2D eigenvalue weighted by Gasteiger charge is 2.26. The number of hydrogen-bond donors (Lipinski definition) is 0. The van der Waals surface area contributed by atoms with E-state index in [9.17, 15) is 9.59 Å². The number of hydrogen-bond acceptors (Lipinski definition) is 3. The molecule has 2 rings (SSSR count). The Bertz CT molecular complexity index is 775. The molecule has 1 aromatic heterocycles. The first-order valence-corrected chi connectivity index (χ1v) is 10.9. The molecule has 0 saturated heterocycles. The van der Waals surface area contributed by atoms with Crippen molar-refractivity contribution in [2.24, 2.45) is 7.05 Å². The standard InChI is InChI=1S/C24H35NO3/c1-4-6-7-8-9-10-11-12-13-18-21(26)22-19-16-14-15-17-20(19)25(3)23(22)24(27)28-5-2/h14-17H,4-13,18H2,1-3H3. The topological polar surface area (TPSA) is 48.3 Å². The number of benzene rings is 1. The Balaban J connectivity index is 1.97. The molecule has 0 N–H and O–H groups in total. The molecule has 0 atom stereocenters. The van der Waals surface area contributed by atoms with E-state index in [1.54, 1.807) is 11.5 Å². The predicted octanol–water partition coefficient (Wildman–Crippen LogP) is 6.46. The lowest BCUT2D eigenvalue weighted by molar-refractivity contribution is 0.0512. The summed E-state index contributed by atoms with van der Waals surface area (Å²) in [5, 5.41) is 0.842. The molecule has 0 unspecified atom stereocenters. The molecule has 0 aliphatic heterocycles. The summed E-state index contributed by atoms with van der Waals surface area (Å²) in [5.74, 6) is -0.376. The van der Waals surface area contributed by atoms with Crippen molar-refractivity contribution in [3.8, 4) is 0 Å². The molecule has 4 nitrogen and oxygen atoms in total. The Kier molecular flexibility index (Phi) is 9.26. The minimum atomic E-state index is -0.420. The van der Waals surface area contributed by atoms with E-state index in [1.165, 1.54) is 44.9 Å². The van der Waals surface area contributed by atoms with Crippen molar-refractivity contribution in [2.45, 2.75) is 78.1 Å². The fourth-order valence-electron chi connectivity index (χ4n) is 3.84. The first-order valence-electron chi connectivity index (χ1n) is 10.9. The summed E-state index contributed by atoms with van der Waals surface area (Å²) in [5.41, 5.74) is 1.79. The van der Waals surface area contributed by atoms with Gasteiger partial charge in [0, 0.05) is 24.4 Å². The van der Waals surface area contributed by atoms with Crippen LogP contribution in [0.15, 0.2) is 24.3 Å². The fraction of sp³-hybridized carbons (Fsp3) is 0.583. The van der Waals surface area contributed by atoms with Gasteiger partial charge in [-0.2, -0.15) is 0 Å². The summed E-state index contributed by atoms with van der Waals surface area (Å²) in [6.45, 7) is 4.32. The maximum atomic E-state index is 13.0. The van der Waals surface area contributed by atoms with Gasteiger partial charge in [0.2, 0.25) is 0 Å². The van der Waals surface area contributed by atoms with E-state index in [2.05, 4.69) is 6.92 Å². The number of unbranched alkanes of at least 4 members (excludes halogenated alkanes) is 8. The highest BCUT2D eigenvalue weighted by molar-refractivity contribution is 6.15. The summed E-state index contributed by atoms with van der Waals surface area (Å²) in [6, 6.07) is 7.69. The third-order valence-electron chi connectivity index (χ3n) is 5.36. The summed E-state index contributed by atoms with van der Waals surface area (Å²) >= 11 is 0. The van der Waals surface area contributed by atoms with Crippen LogP contribution in [-0.4, -0.2) is 22.9 Å². The fourth-order valence-corrected chi connectivity index (χ4v) is 3.84. The maximum Gasteiger partial charge on any atom is 0.355 e. The minimum absolute atomic E-state index is 0.0443. The molecule has 1 heterocycles. The number of esters is 1. The van der Waals surface area contributed by atoms with Gasteiger partial charge in [-0.1, -0.05) is 76.5 Å². The molecule has 1 aromatic carbocycles. The van der Waals surface area contributed by atoms with Gasteiger partial charge in [0.25, 0.3) is 0 Å². The van der Waals surface area contributed by atoms with Gasteiger partial charge in [-0.3, -0.25) is 4.79 Å². The van der Waals surface area contributed by atoms with Crippen molar-refractivity contribution < 1.29 is 14.3 Å². The molecule has 0 fully saturated rings. The van der Waals surface area contributed by atoms with E-state index >= 15 is 0 Å². The lowest BCUT2D eigenvalue weighted by Gasteiger charge is -2.07. The van der Waals surface area contributed by atoms with Crippen LogP contribution in [0.4, 0.5) is 0 Å².